The topological polar surface area (TPSA) is 104 Å². The van der Waals surface area contributed by atoms with Gasteiger partial charge in [0.15, 0.2) is 5.82 Å². The van der Waals surface area contributed by atoms with Crippen LogP contribution < -0.4 is 5.32 Å². The predicted octanol–water partition coefficient (Wildman–Crippen LogP) is 3.31. The summed E-state index contributed by atoms with van der Waals surface area (Å²) in [6.07, 6.45) is 6.91. The second-order valence-corrected chi connectivity index (χ2v) is 6.89. The summed E-state index contributed by atoms with van der Waals surface area (Å²) in [5.74, 6) is 0.267. The van der Waals surface area contributed by atoms with Crippen LogP contribution >= 0.6 is 0 Å². The van der Waals surface area contributed by atoms with E-state index in [1.54, 1.807) is 30.9 Å². The molecule has 30 heavy (non-hydrogen) atoms. The number of aliphatic hydroxyl groups is 1. The first kappa shape index (κ1) is 19.5. The standard InChI is InChI=1S/C23H21N5O2/c1-15-11-26-22(17-8-5-9-24-12-17)28-21(15)18-10-19(25-13-18)23(30)27-20(14-29)16-6-3-2-4-7-16/h2-13,20,25,29H,14H2,1H3,(H,27,30)/t20-/m1/s1. The fourth-order valence-electron chi connectivity index (χ4n) is 3.19. The van der Waals surface area contributed by atoms with E-state index < -0.39 is 6.04 Å². The highest BCUT2D eigenvalue weighted by Crippen LogP contribution is 2.25. The van der Waals surface area contributed by atoms with Crippen molar-refractivity contribution in [1.82, 2.24) is 25.3 Å². The molecule has 150 valence electrons. The minimum absolute atomic E-state index is 0.192. The molecule has 0 radical (unpaired) electrons. The maximum Gasteiger partial charge on any atom is 0.268 e. The summed E-state index contributed by atoms with van der Waals surface area (Å²) in [5.41, 5.74) is 4.46. The number of hydrogen-bond acceptors (Lipinski definition) is 5. The average Bonchev–Trinajstić information content (AvgIpc) is 3.29. The number of aryl methyl sites for hydroxylation is 1. The highest BCUT2D eigenvalue weighted by Gasteiger charge is 2.17. The first-order valence-electron chi connectivity index (χ1n) is 9.55. The monoisotopic (exact) mass is 399 g/mol. The summed E-state index contributed by atoms with van der Waals surface area (Å²) in [7, 11) is 0. The number of aromatic nitrogens is 4. The van der Waals surface area contributed by atoms with Gasteiger partial charge in [-0.05, 0) is 36.2 Å². The third-order valence-corrected chi connectivity index (χ3v) is 4.78. The number of pyridine rings is 1. The van der Waals surface area contributed by atoms with Crippen molar-refractivity contribution in [2.45, 2.75) is 13.0 Å². The molecular formula is C23H21N5O2. The van der Waals surface area contributed by atoms with Crippen molar-refractivity contribution in [2.75, 3.05) is 6.61 Å². The number of aliphatic hydroxyl groups excluding tert-OH is 1. The molecule has 1 amide bonds. The van der Waals surface area contributed by atoms with E-state index in [-0.39, 0.29) is 12.5 Å². The van der Waals surface area contributed by atoms with Gasteiger partial charge in [-0.25, -0.2) is 9.97 Å². The molecule has 0 saturated heterocycles. The van der Waals surface area contributed by atoms with Crippen LogP contribution in [0.2, 0.25) is 0 Å². The third-order valence-electron chi connectivity index (χ3n) is 4.78. The van der Waals surface area contributed by atoms with Crippen molar-refractivity contribution in [3.05, 3.63) is 90.1 Å². The maximum absolute atomic E-state index is 12.7. The van der Waals surface area contributed by atoms with E-state index in [9.17, 15) is 9.90 Å². The Morgan fingerprint density at radius 2 is 1.97 bits per heavy atom. The van der Waals surface area contributed by atoms with Crippen LogP contribution in [-0.2, 0) is 0 Å². The Kier molecular flexibility index (Phi) is 5.63. The van der Waals surface area contributed by atoms with Gasteiger partial charge in [-0.2, -0.15) is 0 Å². The molecule has 0 bridgehead atoms. The molecule has 4 rings (SSSR count). The van der Waals surface area contributed by atoms with Crippen LogP contribution in [0.3, 0.4) is 0 Å². The lowest BCUT2D eigenvalue weighted by Gasteiger charge is -2.16. The number of hydrogen-bond donors (Lipinski definition) is 3. The molecule has 0 spiro atoms. The van der Waals surface area contributed by atoms with Crippen LogP contribution in [0.4, 0.5) is 0 Å². The minimum atomic E-state index is -0.483. The highest BCUT2D eigenvalue weighted by atomic mass is 16.3. The highest BCUT2D eigenvalue weighted by molar-refractivity contribution is 5.94. The summed E-state index contributed by atoms with van der Waals surface area (Å²) in [5, 5.41) is 12.5. The van der Waals surface area contributed by atoms with Crippen LogP contribution in [0.25, 0.3) is 22.6 Å². The summed E-state index contributed by atoms with van der Waals surface area (Å²) in [6.45, 7) is 1.73. The fraction of sp³-hybridized carbons (Fsp3) is 0.130. The number of rotatable bonds is 6. The largest absolute Gasteiger partial charge is 0.394 e. The van der Waals surface area contributed by atoms with Crippen molar-refractivity contribution in [3.63, 3.8) is 0 Å². The number of H-pyrrole nitrogens is 1. The molecule has 0 aliphatic rings. The van der Waals surface area contributed by atoms with Crippen LogP contribution in [0.5, 0.6) is 0 Å². The first-order valence-corrected chi connectivity index (χ1v) is 9.55. The third kappa shape index (κ3) is 4.11. The summed E-state index contributed by atoms with van der Waals surface area (Å²) in [6, 6.07) is 14.4. The number of carbonyl (C=O) groups is 1. The molecule has 0 unspecified atom stereocenters. The molecule has 0 saturated carbocycles. The smallest absolute Gasteiger partial charge is 0.268 e. The van der Waals surface area contributed by atoms with Gasteiger partial charge in [0.25, 0.3) is 5.91 Å². The molecule has 0 aliphatic heterocycles. The van der Waals surface area contributed by atoms with Crippen molar-refractivity contribution in [1.29, 1.82) is 0 Å². The Morgan fingerprint density at radius 3 is 2.70 bits per heavy atom. The van der Waals surface area contributed by atoms with E-state index in [4.69, 9.17) is 0 Å². The van der Waals surface area contributed by atoms with Gasteiger partial charge in [0.05, 0.1) is 18.3 Å². The molecule has 0 fully saturated rings. The second-order valence-electron chi connectivity index (χ2n) is 6.89. The van der Waals surface area contributed by atoms with Crippen molar-refractivity contribution in [3.8, 4) is 22.6 Å². The number of nitrogens with zero attached hydrogens (tertiary/aromatic N) is 3. The maximum atomic E-state index is 12.7. The van der Waals surface area contributed by atoms with Gasteiger partial charge in [0.2, 0.25) is 0 Å². The van der Waals surface area contributed by atoms with Crippen LogP contribution in [0.1, 0.15) is 27.7 Å². The molecule has 3 heterocycles. The number of nitrogens with one attached hydrogen (secondary N) is 2. The zero-order chi connectivity index (χ0) is 20.9. The van der Waals surface area contributed by atoms with Crippen LogP contribution in [-0.4, -0.2) is 37.6 Å². The fourth-order valence-corrected chi connectivity index (χ4v) is 3.19. The lowest BCUT2D eigenvalue weighted by Crippen LogP contribution is -2.30. The van der Waals surface area contributed by atoms with Gasteiger partial charge in [0.1, 0.15) is 5.69 Å². The van der Waals surface area contributed by atoms with Gasteiger partial charge in [-0.3, -0.25) is 9.78 Å². The summed E-state index contributed by atoms with van der Waals surface area (Å²) >= 11 is 0. The number of benzene rings is 1. The van der Waals surface area contributed by atoms with Crippen molar-refractivity contribution < 1.29 is 9.90 Å². The lowest BCUT2D eigenvalue weighted by molar-refractivity contribution is 0.0912. The van der Waals surface area contributed by atoms with Gasteiger partial charge in [-0.15, -0.1) is 0 Å². The molecule has 7 heteroatoms. The predicted molar refractivity (Wildman–Crippen MR) is 114 cm³/mol. The van der Waals surface area contributed by atoms with Gasteiger partial charge in [-0.1, -0.05) is 30.3 Å². The first-order chi connectivity index (χ1) is 14.7. The van der Waals surface area contributed by atoms with Gasteiger partial charge < -0.3 is 15.4 Å². The molecule has 0 aliphatic carbocycles. The minimum Gasteiger partial charge on any atom is -0.394 e. The Morgan fingerprint density at radius 1 is 1.13 bits per heavy atom. The number of aromatic amines is 1. The number of carbonyl (C=O) groups excluding carboxylic acids is 1. The van der Waals surface area contributed by atoms with Crippen LogP contribution in [0, 0.1) is 6.92 Å². The van der Waals surface area contributed by atoms with Gasteiger partial charge >= 0.3 is 0 Å². The lowest BCUT2D eigenvalue weighted by atomic mass is 10.1. The van der Waals surface area contributed by atoms with Crippen molar-refractivity contribution in [2.24, 2.45) is 0 Å². The molecule has 7 nitrogen and oxygen atoms in total. The Balaban J connectivity index is 1.57. The second kappa shape index (κ2) is 8.67. The average molecular weight is 399 g/mol. The number of amides is 1. The Bertz CT molecular complexity index is 1140. The Labute approximate surface area is 173 Å². The zero-order valence-corrected chi connectivity index (χ0v) is 16.4. The van der Waals surface area contributed by atoms with E-state index in [0.717, 1.165) is 27.9 Å². The SMILES string of the molecule is Cc1cnc(-c2cccnc2)nc1-c1c[nH]c(C(=O)N[C@H](CO)c2ccccc2)c1. The summed E-state index contributed by atoms with van der Waals surface area (Å²) in [4.78, 5) is 28.9. The zero-order valence-electron chi connectivity index (χ0n) is 16.4. The molecule has 1 atom stereocenters. The molecular weight excluding hydrogens is 378 g/mol. The molecule has 1 aromatic carbocycles. The van der Waals surface area contributed by atoms with E-state index in [0.29, 0.717) is 11.5 Å². The van der Waals surface area contributed by atoms with E-state index in [1.165, 1.54) is 0 Å². The van der Waals surface area contributed by atoms with Gasteiger partial charge in [0, 0.05) is 35.9 Å². The quantitative estimate of drug-likeness (QED) is 0.461. The summed E-state index contributed by atoms with van der Waals surface area (Å²) < 4.78 is 0. The van der Waals surface area contributed by atoms with Crippen LogP contribution in [0.15, 0.2) is 73.3 Å². The molecule has 3 aromatic heterocycles. The molecule has 3 N–H and O–H groups in total. The molecule has 4 aromatic rings. The normalized spacial score (nSPS) is 11.8. The van der Waals surface area contributed by atoms with E-state index in [2.05, 4.69) is 25.3 Å². The Hall–Kier alpha value is -3.84. The van der Waals surface area contributed by atoms with Crippen molar-refractivity contribution >= 4 is 5.91 Å². The van der Waals surface area contributed by atoms with E-state index >= 15 is 0 Å². The van der Waals surface area contributed by atoms with E-state index in [1.807, 2.05) is 49.4 Å².